The second-order valence-corrected chi connectivity index (χ2v) is 5.83. The molecule has 1 N–H and O–H groups in total. The molecule has 124 valence electrons. The Morgan fingerprint density at radius 3 is 2.75 bits per heavy atom. The molecule has 1 atom stereocenters. The number of fused-ring (bicyclic) bond motifs is 1. The van der Waals surface area contributed by atoms with Gasteiger partial charge in [-0.25, -0.2) is 4.39 Å². The molecule has 1 aliphatic heterocycles. The van der Waals surface area contributed by atoms with Gasteiger partial charge in [0.25, 0.3) is 11.8 Å². The van der Waals surface area contributed by atoms with Crippen molar-refractivity contribution in [2.24, 2.45) is 0 Å². The van der Waals surface area contributed by atoms with E-state index in [9.17, 15) is 14.0 Å². The van der Waals surface area contributed by atoms with Gasteiger partial charge in [0.15, 0.2) is 6.10 Å². The van der Waals surface area contributed by atoms with Gasteiger partial charge in [0.05, 0.1) is 10.7 Å². The maximum absolute atomic E-state index is 13.2. The lowest BCUT2D eigenvalue weighted by molar-refractivity contribution is -0.125. The quantitative estimate of drug-likeness (QED) is 0.904. The molecule has 0 aromatic heterocycles. The van der Waals surface area contributed by atoms with Gasteiger partial charge < -0.3 is 15.0 Å². The van der Waals surface area contributed by atoms with E-state index >= 15 is 0 Å². The average Bonchev–Trinajstić information content (AvgIpc) is 2.55. The van der Waals surface area contributed by atoms with Gasteiger partial charge in [-0.05, 0) is 43.3 Å². The van der Waals surface area contributed by atoms with E-state index in [0.717, 1.165) is 0 Å². The van der Waals surface area contributed by atoms with Gasteiger partial charge in [-0.3, -0.25) is 9.59 Å². The van der Waals surface area contributed by atoms with E-state index in [0.29, 0.717) is 22.7 Å². The number of hydrogen-bond acceptors (Lipinski definition) is 3. The SMILES string of the molecule is CC1Oc2cc(C(=O)Nc3ccc(F)c(Cl)c3)ccc2N(C)C1=O. The minimum Gasteiger partial charge on any atom is -0.479 e. The fourth-order valence-electron chi connectivity index (χ4n) is 2.44. The van der Waals surface area contributed by atoms with Crippen LogP contribution in [0.25, 0.3) is 0 Å². The van der Waals surface area contributed by atoms with Crippen LogP contribution >= 0.6 is 11.6 Å². The highest BCUT2D eigenvalue weighted by Gasteiger charge is 2.29. The third-order valence-corrected chi connectivity index (χ3v) is 4.03. The molecule has 0 fully saturated rings. The van der Waals surface area contributed by atoms with Crippen LogP contribution in [0.5, 0.6) is 5.75 Å². The largest absolute Gasteiger partial charge is 0.479 e. The summed E-state index contributed by atoms with van der Waals surface area (Å²) in [5.74, 6) is -0.648. The predicted molar refractivity (Wildman–Crippen MR) is 89.3 cm³/mol. The number of halogens is 2. The maximum atomic E-state index is 13.2. The summed E-state index contributed by atoms with van der Waals surface area (Å²) in [5.41, 5.74) is 1.33. The Hall–Kier alpha value is -2.60. The normalized spacial score (nSPS) is 16.4. The average molecular weight is 349 g/mol. The standard InChI is InChI=1S/C17H14ClFN2O3/c1-9-17(23)21(2)14-6-3-10(7-15(14)24-9)16(22)20-11-4-5-13(19)12(18)8-11/h3-9H,1-2H3,(H,20,22). The van der Waals surface area contributed by atoms with Crippen LogP contribution in [-0.2, 0) is 4.79 Å². The number of benzene rings is 2. The van der Waals surface area contributed by atoms with Crippen LogP contribution in [0.4, 0.5) is 15.8 Å². The van der Waals surface area contributed by atoms with E-state index in [1.54, 1.807) is 32.2 Å². The van der Waals surface area contributed by atoms with Crippen LogP contribution in [0, 0.1) is 5.82 Å². The first-order valence-corrected chi connectivity index (χ1v) is 7.59. The number of likely N-dealkylation sites (N-methyl/N-ethyl adjacent to an activating group) is 1. The van der Waals surface area contributed by atoms with Crippen molar-refractivity contribution in [3.8, 4) is 5.75 Å². The Bertz CT molecular complexity index is 841. The van der Waals surface area contributed by atoms with Gasteiger partial charge in [-0.15, -0.1) is 0 Å². The molecular formula is C17H14ClFN2O3. The van der Waals surface area contributed by atoms with E-state index in [2.05, 4.69) is 5.32 Å². The number of carbonyl (C=O) groups is 2. The molecule has 2 amide bonds. The third-order valence-electron chi connectivity index (χ3n) is 3.74. The van der Waals surface area contributed by atoms with Crippen molar-refractivity contribution >= 4 is 34.8 Å². The molecule has 7 heteroatoms. The fraction of sp³-hybridized carbons (Fsp3) is 0.176. The van der Waals surface area contributed by atoms with Gasteiger partial charge in [0.1, 0.15) is 11.6 Å². The molecule has 0 radical (unpaired) electrons. The van der Waals surface area contributed by atoms with Crippen LogP contribution in [0.1, 0.15) is 17.3 Å². The number of anilines is 2. The molecule has 0 aliphatic carbocycles. The Balaban J connectivity index is 1.85. The lowest BCUT2D eigenvalue weighted by atomic mass is 10.1. The van der Waals surface area contributed by atoms with E-state index in [-0.39, 0.29) is 10.9 Å². The molecule has 1 aliphatic rings. The van der Waals surface area contributed by atoms with Crippen LogP contribution in [0.2, 0.25) is 5.02 Å². The molecule has 0 saturated heterocycles. The number of nitrogens with zero attached hydrogens (tertiary/aromatic N) is 1. The summed E-state index contributed by atoms with van der Waals surface area (Å²) in [6.07, 6.45) is -0.614. The molecule has 1 heterocycles. The smallest absolute Gasteiger partial charge is 0.267 e. The van der Waals surface area contributed by atoms with Gasteiger partial charge in [0, 0.05) is 18.3 Å². The van der Waals surface area contributed by atoms with Crippen molar-refractivity contribution in [2.45, 2.75) is 13.0 Å². The van der Waals surface area contributed by atoms with Gasteiger partial charge in [-0.2, -0.15) is 0 Å². The number of ether oxygens (including phenoxy) is 1. The summed E-state index contributed by atoms with van der Waals surface area (Å²) in [5, 5.41) is 2.56. The van der Waals surface area contributed by atoms with E-state index < -0.39 is 17.8 Å². The van der Waals surface area contributed by atoms with Gasteiger partial charge in [0.2, 0.25) is 0 Å². The van der Waals surface area contributed by atoms with Crippen LogP contribution in [0.15, 0.2) is 36.4 Å². The summed E-state index contributed by atoms with van der Waals surface area (Å²) in [7, 11) is 1.65. The van der Waals surface area contributed by atoms with Gasteiger partial charge >= 0.3 is 0 Å². The Labute approximate surface area is 143 Å². The van der Waals surface area contributed by atoms with Crippen molar-refractivity contribution in [1.82, 2.24) is 0 Å². The molecule has 2 aromatic carbocycles. The number of nitrogens with one attached hydrogen (secondary N) is 1. The topological polar surface area (TPSA) is 58.6 Å². The lowest BCUT2D eigenvalue weighted by Gasteiger charge is -2.30. The van der Waals surface area contributed by atoms with Crippen LogP contribution < -0.4 is 15.0 Å². The van der Waals surface area contributed by atoms with Crippen LogP contribution in [0.3, 0.4) is 0 Å². The predicted octanol–water partition coefficient (Wildman–Crippen LogP) is 3.48. The summed E-state index contributed by atoms with van der Waals surface area (Å²) in [6.45, 7) is 1.65. The first kappa shape index (κ1) is 16.3. The van der Waals surface area contributed by atoms with Crippen molar-refractivity contribution in [3.05, 3.63) is 52.8 Å². The Morgan fingerprint density at radius 1 is 1.29 bits per heavy atom. The van der Waals surface area contributed by atoms with Crippen molar-refractivity contribution in [1.29, 1.82) is 0 Å². The monoisotopic (exact) mass is 348 g/mol. The summed E-state index contributed by atoms with van der Waals surface area (Å²) >= 11 is 5.70. The highest BCUT2D eigenvalue weighted by Crippen LogP contribution is 2.34. The van der Waals surface area contributed by atoms with Crippen molar-refractivity contribution < 1.29 is 18.7 Å². The lowest BCUT2D eigenvalue weighted by Crippen LogP contribution is -2.42. The number of rotatable bonds is 2. The molecule has 0 bridgehead atoms. The minimum absolute atomic E-state index is 0.0736. The molecule has 5 nitrogen and oxygen atoms in total. The number of amides is 2. The second-order valence-electron chi connectivity index (χ2n) is 5.42. The molecular weight excluding hydrogens is 335 g/mol. The van der Waals surface area contributed by atoms with Gasteiger partial charge in [-0.1, -0.05) is 11.6 Å². The zero-order chi connectivity index (χ0) is 17.4. The van der Waals surface area contributed by atoms with E-state index in [1.165, 1.54) is 23.1 Å². The van der Waals surface area contributed by atoms with Crippen molar-refractivity contribution in [2.75, 3.05) is 17.3 Å². The maximum Gasteiger partial charge on any atom is 0.267 e. The van der Waals surface area contributed by atoms with Crippen LogP contribution in [-0.4, -0.2) is 25.0 Å². The Morgan fingerprint density at radius 2 is 2.04 bits per heavy atom. The fourth-order valence-corrected chi connectivity index (χ4v) is 2.62. The Kier molecular flexibility index (Phi) is 4.15. The molecule has 0 spiro atoms. The molecule has 3 rings (SSSR count). The highest BCUT2D eigenvalue weighted by atomic mass is 35.5. The van der Waals surface area contributed by atoms with Crippen molar-refractivity contribution in [3.63, 3.8) is 0 Å². The molecule has 0 saturated carbocycles. The summed E-state index contributed by atoms with van der Waals surface area (Å²) < 4.78 is 18.7. The summed E-state index contributed by atoms with van der Waals surface area (Å²) in [4.78, 5) is 25.7. The molecule has 1 unspecified atom stereocenters. The minimum atomic E-state index is -0.614. The summed E-state index contributed by atoms with van der Waals surface area (Å²) in [6, 6.07) is 8.72. The molecule has 24 heavy (non-hydrogen) atoms. The van der Waals surface area contributed by atoms with E-state index in [1.807, 2.05) is 0 Å². The zero-order valence-corrected chi connectivity index (χ0v) is 13.7. The molecule has 2 aromatic rings. The first-order valence-electron chi connectivity index (χ1n) is 7.21. The second kappa shape index (κ2) is 6.13. The zero-order valence-electron chi connectivity index (χ0n) is 13.0. The number of carbonyl (C=O) groups excluding carboxylic acids is 2. The highest BCUT2D eigenvalue weighted by molar-refractivity contribution is 6.31. The first-order chi connectivity index (χ1) is 11.4. The van der Waals surface area contributed by atoms with E-state index in [4.69, 9.17) is 16.3 Å². The number of hydrogen-bond donors (Lipinski definition) is 1. The third kappa shape index (κ3) is 2.92.